The number of rotatable bonds is 4. The van der Waals surface area contributed by atoms with Gasteiger partial charge in [0.15, 0.2) is 0 Å². The summed E-state index contributed by atoms with van der Waals surface area (Å²) in [6.07, 6.45) is 3.70. The summed E-state index contributed by atoms with van der Waals surface area (Å²) in [5.74, 6) is -1.51. The molecule has 3 atom stereocenters. The zero-order valence-electron chi connectivity index (χ0n) is 13.0. The standard InChI is InChI=1S/C12H19N3OS.C2H2O4/c1-2-6-16-12-11(13-17-14-12)10-8-15-5-3-4-9(10)7-15;3-1(4)2(5)6/h9-10H,2-8H2,1H3;(H,3,4)(H,5,6). The molecule has 1 aromatic heterocycles. The Balaban J connectivity index is 0.000000277. The fourth-order valence-corrected chi connectivity index (χ4v) is 3.60. The van der Waals surface area contributed by atoms with Crippen molar-refractivity contribution in [3.05, 3.63) is 5.69 Å². The highest BCUT2D eigenvalue weighted by molar-refractivity contribution is 6.99. The van der Waals surface area contributed by atoms with Gasteiger partial charge in [0.25, 0.3) is 0 Å². The van der Waals surface area contributed by atoms with E-state index in [0.29, 0.717) is 5.92 Å². The molecule has 3 heterocycles. The summed E-state index contributed by atoms with van der Waals surface area (Å²) >= 11 is 1.29. The monoisotopic (exact) mass is 343 g/mol. The zero-order chi connectivity index (χ0) is 16.8. The van der Waals surface area contributed by atoms with Crippen LogP contribution in [0, 0.1) is 5.92 Å². The molecule has 128 valence electrons. The first kappa shape index (κ1) is 17.6. The number of hydrogen-bond donors (Lipinski definition) is 2. The van der Waals surface area contributed by atoms with E-state index in [0.717, 1.165) is 37.1 Å². The second kappa shape index (κ2) is 8.21. The van der Waals surface area contributed by atoms with Crippen molar-refractivity contribution in [1.82, 2.24) is 13.6 Å². The van der Waals surface area contributed by atoms with E-state index >= 15 is 0 Å². The Morgan fingerprint density at radius 3 is 2.65 bits per heavy atom. The van der Waals surface area contributed by atoms with Gasteiger partial charge in [-0.2, -0.15) is 4.37 Å². The number of carboxylic acids is 2. The molecule has 0 amide bonds. The number of hydrogen-bond acceptors (Lipinski definition) is 7. The smallest absolute Gasteiger partial charge is 0.414 e. The maximum Gasteiger partial charge on any atom is 0.414 e. The van der Waals surface area contributed by atoms with Crippen LogP contribution in [0.1, 0.15) is 37.8 Å². The van der Waals surface area contributed by atoms with Crippen molar-refractivity contribution in [3.8, 4) is 5.88 Å². The summed E-state index contributed by atoms with van der Waals surface area (Å²) < 4.78 is 14.5. The highest BCUT2D eigenvalue weighted by atomic mass is 32.1. The molecule has 0 spiro atoms. The van der Waals surface area contributed by atoms with Crippen LogP contribution in [-0.4, -0.2) is 62.0 Å². The minimum Gasteiger partial charge on any atom is -0.476 e. The lowest BCUT2D eigenvalue weighted by Crippen LogP contribution is -2.25. The van der Waals surface area contributed by atoms with E-state index in [2.05, 4.69) is 20.6 Å². The van der Waals surface area contributed by atoms with Gasteiger partial charge in [-0.15, -0.1) is 4.37 Å². The maximum absolute atomic E-state index is 9.10. The van der Waals surface area contributed by atoms with Crippen LogP contribution < -0.4 is 4.74 Å². The highest BCUT2D eigenvalue weighted by Crippen LogP contribution is 2.40. The number of piperidine rings is 1. The van der Waals surface area contributed by atoms with Gasteiger partial charge in [0, 0.05) is 19.0 Å². The van der Waals surface area contributed by atoms with Crippen molar-refractivity contribution in [2.45, 2.75) is 32.1 Å². The molecule has 2 bridgehead atoms. The predicted molar refractivity (Wildman–Crippen MR) is 82.9 cm³/mol. The molecular weight excluding hydrogens is 322 g/mol. The number of nitrogens with zero attached hydrogens (tertiary/aromatic N) is 3. The van der Waals surface area contributed by atoms with Gasteiger partial charge in [-0.1, -0.05) is 6.92 Å². The molecule has 2 aliphatic heterocycles. The second-order valence-electron chi connectivity index (χ2n) is 5.68. The van der Waals surface area contributed by atoms with E-state index in [1.807, 2.05) is 0 Å². The molecule has 9 heteroatoms. The SMILES string of the molecule is CCCOc1nsnc1C1CN2CCCC1C2.O=C(O)C(=O)O. The van der Waals surface area contributed by atoms with Gasteiger partial charge in [-0.3, -0.25) is 0 Å². The Hall–Kier alpha value is -1.74. The van der Waals surface area contributed by atoms with Crippen LogP contribution in [0.3, 0.4) is 0 Å². The van der Waals surface area contributed by atoms with Crippen molar-refractivity contribution in [3.63, 3.8) is 0 Å². The van der Waals surface area contributed by atoms with Crippen LogP contribution in [0.5, 0.6) is 5.88 Å². The van der Waals surface area contributed by atoms with Gasteiger partial charge < -0.3 is 19.8 Å². The van der Waals surface area contributed by atoms with Gasteiger partial charge in [-0.25, -0.2) is 9.59 Å². The molecule has 1 aromatic rings. The minimum absolute atomic E-state index is 0.558. The topological polar surface area (TPSA) is 113 Å². The number of fused-ring (bicyclic) bond motifs is 2. The molecule has 0 radical (unpaired) electrons. The summed E-state index contributed by atoms with van der Waals surface area (Å²) in [6, 6.07) is 0. The number of ether oxygens (including phenoxy) is 1. The van der Waals surface area contributed by atoms with Crippen molar-refractivity contribution >= 4 is 23.7 Å². The molecular formula is C14H21N3O5S. The average molecular weight is 343 g/mol. The van der Waals surface area contributed by atoms with Gasteiger partial charge in [0.2, 0.25) is 5.88 Å². The Bertz CT molecular complexity index is 538. The summed E-state index contributed by atoms with van der Waals surface area (Å²) in [5.41, 5.74) is 1.12. The summed E-state index contributed by atoms with van der Waals surface area (Å²) in [7, 11) is 0. The van der Waals surface area contributed by atoms with Crippen LogP contribution in [-0.2, 0) is 9.59 Å². The van der Waals surface area contributed by atoms with Crippen LogP contribution in [0.2, 0.25) is 0 Å². The number of carboxylic acid groups (broad SMARTS) is 2. The molecule has 8 nitrogen and oxygen atoms in total. The van der Waals surface area contributed by atoms with E-state index < -0.39 is 11.9 Å². The number of carbonyl (C=O) groups is 2. The normalized spacial score (nSPS) is 25.3. The molecule has 0 saturated carbocycles. The Morgan fingerprint density at radius 1 is 1.30 bits per heavy atom. The molecule has 0 aliphatic carbocycles. The Kier molecular flexibility index (Phi) is 6.28. The van der Waals surface area contributed by atoms with Crippen molar-refractivity contribution < 1.29 is 24.5 Å². The van der Waals surface area contributed by atoms with E-state index in [4.69, 9.17) is 24.5 Å². The molecule has 2 N–H and O–H groups in total. The number of aliphatic carboxylic acids is 2. The van der Waals surface area contributed by atoms with Crippen LogP contribution >= 0.6 is 11.7 Å². The molecule has 3 unspecified atom stereocenters. The minimum atomic E-state index is -1.82. The summed E-state index contributed by atoms with van der Waals surface area (Å²) in [6.45, 7) is 6.52. The molecule has 2 aliphatic rings. The fourth-order valence-electron chi connectivity index (χ4n) is 3.04. The summed E-state index contributed by atoms with van der Waals surface area (Å²) in [4.78, 5) is 20.8. The van der Waals surface area contributed by atoms with E-state index in [-0.39, 0.29) is 0 Å². The molecule has 23 heavy (non-hydrogen) atoms. The van der Waals surface area contributed by atoms with E-state index in [1.165, 1.54) is 37.7 Å². The number of aromatic nitrogens is 2. The Labute approximate surface area is 138 Å². The molecule has 0 aromatic carbocycles. The third-order valence-corrected chi connectivity index (χ3v) is 4.55. The van der Waals surface area contributed by atoms with Gasteiger partial charge in [0.1, 0.15) is 5.69 Å². The van der Waals surface area contributed by atoms with Crippen LogP contribution in [0.15, 0.2) is 0 Å². The summed E-state index contributed by atoms with van der Waals surface area (Å²) in [5, 5.41) is 14.8. The average Bonchev–Trinajstić information content (AvgIpc) is 3.09. The maximum atomic E-state index is 9.10. The lowest BCUT2D eigenvalue weighted by atomic mass is 9.89. The van der Waals surface area contributed by atoms with E-state index in [1.54, 1.807) is 0 Å². The van der Waals surface area contributed by atoms with Gasteiger partial charge >= 0.3 is 11.9 Å². The first-order valence-electron chi connectivity index (χ1n) is 7.66. The molecule has 3 rings (SSSR count). The van der Waals surface area contributed by atoms with Crippen molar-refractivity contribution in [2.24, 2.45) is 5.92 Å². The van der Waals surface area contributed by atoms with Crippen LogP contribution in [0.4, 0.5) is 0 Å². The quantitative estimate of drug-likeness (QED) is 0.786. The lowest BCUT2D eigenvalue weighted by molar-refractivity contribution is -0.159. The first-order valence-corrected chi connectivity index (χ1v) is 8.39. The zero-order valence-corrected chi connectivity index (χ0v) is 13.8. The lowest BCUT2D eigenvalue weighted by Gasteiger charge is -2.21. The Morgan fingerprint density at radius 2 is 2.04 bits per heavy atom. The third-order valence-electron chi connectivity index (χ3n) is 4.02. The van der Waals surface area contributed by atoms with Gasteiger partial charge in [0.05, 0.1) is 18.3 Å². The molecule has 2 saturated heterocycles. The van der Waals surface area contributed by atoms with Gasteiger partial charge in [-0.05, 0) is 31.7 Å². The molecule has 2 fully saturated rings. The van der Waals surface area contributed by atoms with Crippen LogP contribution in [0.25, 0.3) is 0 Å². The first-order chi connectivity index (χ1) is 11.0. The largest absolute Gasteiger partial charge is 0.476 e. The predicted octanol–water partition coefficient (Wildman–Crippen LogP) is 1.29. The second-order valence-corrected chi connectivity index (χ2v) is 6.21. The fraction of sp³-hybridized carbons (Fsp3) is 0.714. The third kappa shape index (κ3) is 4.61. The highest BCUT2D eigenvalue weighted by Gasteiger charge is 2.39. The van der Waals surface area contributed by atoms with E-state index in [9.17, 15) is 0 Å². The van der Waals surface area contributed by atoms with Crippen molar-refractivity contribution in [2.75, 3.05) is 26.2 Å². The van der Waals surface area contributed by atoms with Crippen molar-refractivity contribution in [1.29, 1.82) is 0 Å².